The van der Waals surface area contributed by atoms with E-state index in [0.717, 1.165) is 6.07 Å². The van der Waals surface area contributed by atoms with Crippen LogP contribution in [0.2, 0.25) is 0 Å². The van der Waals surface area contributed by atoms with Crippen LogP contribution in [-0.4, -0.2) is 21.7 Å². The van der Waals surface area contributed by atoms with Crippen LogP contribution in [0.25, 0.3) is 0 Å². The first-order chi connectivity index (χ1) is 8.15. The second-order valence-electron chi connectivity index (χ2n) is 4.20. The molecule has 0 amide bonds. The number of nitrogens with two attached hydrogens (primary N) is 1. The van der Waals surface area contributed by atoms with Crippen LogP contribution >= 0.6 is 22.6 Å². The Balaban J connectivity index is 3.27. The lowest BCUT2D eigenvalue weighted by atomic mass is 9.91. The minimum absolute atomic E-state index is 0.149. The van der Waals surface area contributed by atoms with Crippen molar-refractivity contribution in [1.29, 1.82) is 0 Å². The van der Waals surface area contributed by atoms with Crippen LogP contribution in [0.3, 0.4) is 0 Å². The second-order valence-corrected chi connectivity index (χ2v) is 5.36. The average Bonchev–Trinajstić information content (AvgIpc) is 2.21. The molecule has 0 aliphatic rings. The fourth-order valence-corrected chi connectivity index (χ4v) is 2.29. The van der Waals surface area contributed by atoms with Gasteiger partial charge in [-0.2, -0.15) is 0 Å². The quantitative estimate of drug-likeness (QED) is 0.710. The lowest BCUT2D eigenvalue weighted by molar-refractivity contribution is -0.142. The molecule has 100 valence electrons. The van der Waals surface area contributed by atoms with Crippen molar-refractivity contribution in [2.75, 3.05) is 0 Å². The van der Waals surface area contributed by atoms with Crippen LogP contribution in [0, 0.1) is 3.57 Å². The number of alkyl halides is 2. The van der Waals surface area contributed by atoms with Crippen molar-refractivity contribution < 1.29 is 23.8 Å². The summed E-state index contributed by atoms with van der Waals surface area (Å²) in [6.45, 7) is 1.26. The van der Waals surface area contributed by atoms with E-state index in [1.54, 1.807) is 22.6 Å². The number of carboxylic acid groups (broad SMARTS) is 1. The molecule has 0 unspecified atom stereocenters. The number of rotatable bonds is 4. The number of benzene rings is 1. The van der Waals surface area contributed by atoms with E-state index in [-0.39, 0.29) is 17.7 Å². The second kappa shape index (κ2) is 5.35. The SMILES string of the molecule is C[C@](N)(Cc1c(I)cc(O)cc1C(F)F)C(=O)O. The maximum Gasteiger partial charge on any atom is 0.323 e. The van der Waals surface area contributed by atoms with E-state index >= 15 is 0 Å². The fraction of sp³-hybridized carbons (Fsp3) is 0.364. The predicted molar refractivity (Wildman–Crippen MR) is 69.7 cm³/mol. The summed E-state index contributed by atoms with van der Waals surface area (Å²) < 4.78 is 26.1. The number of hydrogen-bond acceptors (Lipinski definition) is 3. The Morgan fingerprint density at radius 2 is 2.11 bits per heavy atom. The van der Waals surface area contributed by atoms with Crippen LogP contribution < -0.4 is 5.73 Å². The topological polar surface area (TPSA) is 83.5 Å². The molecule has 7 heteroatoms. The standard InChI is InChI=1S/C11H12F2INO3/c1-11(15,10(17)18)4-7-6(9(12)13)2-5(16)3-8(7)14/h2-3,9,16H,4,15H2,1H3,(H,17,18)/t11-/m0/s1. The highest BCUT2D eigenvalue weighted by Crippen LogP contribution is 2.32. The summed E-state index contributed by atoms with van der Waals surface area (Å²) in [6, 6.07) is 2.22. The molecule has 1 aromatic rings. The van der Waals surface area contributed by atoms with Crippen molar-refractivity contribution in [3.63, 3.8) is 0 Å². The minimum Gasteiger partial charge on any atom is -0.508 e. The van der Waals surface area contributed by atoms with E-state index in [9.17, 15) is 18.7 Å². The summed E-state index contributed by atoms with van der Waals surface area (Å²) in [6.07, 6.45) is -3.04. The van der Waals surface area contributed by atoms with Gasteiger partial charge in [0.25, 0.3) is 6.43 Å². The molecule has 0 heterocycles. The highest BCUT2D eigenvalue weighted by Gasteiger charge is 2.31. The van der Waals surface area contributed by atoms with E-state index < -0.39 is 23.5 Å². The normalized spacial score (nSPS) is 14.6. The number of carboxylic acids is 1. The summed E-state index contributed by atoms with van der Waals surface area (Å²) in [7, 11) is 0. The molecule has 1 rings (SSSR count). The third-order valence-electron chi connectivity index (χ3n) is 2.48. The summed E-state index contributed by atoms with van der Waals surface area (Å²) in [5.41, 5.74) is 3.68. The first kappa shape index (κ1) is 15.1. The van der Waals surface area contributed by atoms with Gasteiger partial charge in [0, 0.05) is 15.6 Å². The maximum atomic E-state index is 12.9. The number of phenols is 1. The molecule has 0 saturated carbocycles. The predicted octanol–water partition coefficient (Wildman–Crippen LogP) is 2.28. The zero-order valence-corrected chi connectivity index (χ0v) is 11.6. The highest BCUT2D eigenvalue weighted by atomic mass is 127. The molecule has 1 atom stereocenters. The third-order valence-corrected chi connectivity index (χ3v) is 3.44. The summed E-state index contributed by atoms with van der Waals surface area (Å²) in [5, 5.41) is 18.2. The van der Waals surface area contributed by atoms with Crippen molar-refractivity contribution in [3.05, 3.63) is 26.8 Å². The van der Waals surface area contributed by atoms with Gasteiger partial charge in [-0.05, 0) is 47.2 Å². The molecule has 0 radical (unpaired) electrons. The first-order valence-corrected chi connectivity index (χ1v) is 6.04. The van der Waals surface area contributed by atoms with Crippen LogP contribution in [0.4, 0.5) is 8.78 Å². The average molecular weight is 371 g/mol. The van der Waals surface area contributed by atoms with Gasteiger partial charge in [-0.3, -0.25) is 4.79 Å². The van der Waals surface area contributed by atoms with Gasteiger partial charge in [-0.15, -0.1) is 0 Å². The molecular weight excluding hydrogens is 359 g/mol. The Hall–Kier alpha value is -0.960. The van der Waals surface area contributed by atoms with Gasteiger partial charge in [0.1, 0.15) is 11.3 Å². The fourth-order valence-electron chi connectivity index (χ4n) is 1.47. The van der Waals surface area contributed by atoms with Crippen LogP contribution in [-0.2, 0) is 11.2 Å². The van der Waals surface area contributed by atoms with Crippen molar-refractivity contribution in [3.8, 4) is 5.75 Å². The van der Waals surface area contributed by atoms with Gasteiger partial charge in [-0.25, -0.2) is 8.78 Å². The summed E-state index contributed by atoms with van der Waals surface area (Å²) in [4.78, 5) is 10.9. The van der Waals surface area contributed by atoms with Crippen molar-refractivity contribution in [1.82, 2.24) is 0 Å². The third kappa shape index (κ3) is 3.29. The Morgan fingerprint density at radius 1 is 1.56 bits per heavy atom. The van der Waals surface area contributed by atoms with E-state index in [2.05, 4.69) is 0 Å². The van der Waals surface area contributed by atoms with Crippen LogP contribution in [0.1, 0.15) is 24.5 Å². The van der Waals surface area contributed by atoms with Gasteiger partial charge < -0.3 is 15.9 Å². The molecule has 0 bridgehead atoms. The van der Waals surface area contributed by atoms with E-state index in [0.29, 0.717) is 3.57 Å². The number of halogens is 3. The molecule has 1 aromatic carbocycles. The Labute approximate surface area is 116 Å². The van der Waals surface area contributed by atoms with E-state index in [1.165, 1.54) is 13.0 Å². The molecule has 18 heavy (non-hydrogen) atoms. The number of phenolic OH excluding ortho intramolecular Hbond substituents is 1. The number of hydrogen-bond donors (Lipinski definition) is 3. The largest absolute Gasteiger partial charge is 0.508 e. The Kier molecular flexibility index (Phi) is 4.49. The van der Waals surface area contributed by atoms with Gasteiger partial charge in [-0.1, -0.05) is 0 Å². The zero-order valence-electron chi connectivity index (χ0n) is 9.45. The molecule has 0 aliphatic heterocycles. The number of aromatic hydroxyl groups is 1. The lowest BCUT2D eigenvalue weighted by Crippen LogP contribution is -2.47. The lowest BCUT2D eigenvalue weighted by Gasteiger charge is -2.22. The monoisotopic (exact) mass is 371 g/mol. The van der Waals surface area contributed by atoms with Gasteiger partial charge in [0.15, 0.2) is 0 Å². The molecule has 0 aromatic heterocycles. The Morgan fingerprint density at radius 3 is 2.56 bits per heavy atom. The van der Waals surface area contributed by atoms with E-state index in [4.69, 9.17) is 10.8 Å². The molecule has 4 N–H and O–H groups in total. The molecule has 0 saturated heterocycles. The Bertz CT molecular complexity index is 478. The summed E-state index contributed by atoms with van der Waals surface area (Å²) >= 11 is 1.77. The molecule has 0 aliphatic carbocycles. The van der Waals surface area contributed by atoms with Crippen molar-refractivity contribution >= 4 is 28.6 Å². The molecular formula is C11H12F2INO3. The zero-order chi connectivity index (χ0) is 14.1. The maximum absolute atomic E-state index is 12.9. The molecule has 4 nitrogen and oxygen atoms in total. The summed E-state index contributed by atoms with van der Waals surface area (Å²) in [5.74, 6) is -1.56. The van der Waals surface area contributed by atoms with Crippen molar-refractivity contribution in [2.45, 2.75) is 25.3 Å². The van der Waals surface area contributed by atoms with Crippen LogP contribution in [0.5, 0.6) is 5.75 Å². The smallest absolute Gasteiger partial charge is 0.323 e. The van der Waals surface area contributed by atoms with Crippen LogP contribution in [0.15, 0.2) is 12.1 Å². The minimum atomic E-state index is -2.80. The number of aliphatic carboxylic acids is 1. The van der Waals surface area contributed by atoms with E-state index in [1.807, 2.05) is 0 Å². The number of carbonyl (C=O) groups is 1. The van der Waals surface area contributed by atoms with Crippen molar-refractivity contribution in [2.24, 2.45) is 5.73 Å². The van der Waals surface area contributed by atoms with Gasteiger partial charge in [0.05, 0.1) is 0 Å². The van der Waals surface area contributed by atoms with Gasteiger partial charge in [0.2, 0.25) is 0 Å². The first-order valence-electron chi connectivity index (χ1n) is 4.97. The molecule has 0 fully saturated rings. The highest BCUT2D eigenvalue weighted by molar-refractivity contribution is 14.1. The van der Waals surface area contributed by atoms with Gasteiger partial charge >= 0.3 is 5.97 Å². The molecule has 0 spiro atoms.